The van der Waals surface area contributed by atoms with Crippen molar-refractivity contribution in [1.82, 2.24) is 0 Å². The number of fused-ring (bicyclic) bond motifs is 7. The van der Waals surface area contributed by atoms with Gasteiger partial charge in [0, 0.05) is 21.7 Å². The van der Waals surface area contributed by atoms with Crippen molar-refractivity contribution in [2.45, 2.75) is 0 Å². The van der Waals surface area contributed by atoms with Crippen LogP contribution >= 0.6 is 0 Å². The van der Waals surface area contributed by atoms with Crippen molar-refractivity contribution in [3.05, 3.63) is 66.7 Å². The largest absolute Gasteiger partial charge is 0.455 e. The Morgan fingerprint density at radius 1 is 0.708 bits per heavy atom. The maximum Gasteiger partial charge on any atom is 0.143 e. The molecule has 110 valence electrons. The minimum Gasteiger partial charge on any atom is -0.455 e. The number of rotatable bonds is 0. The van der Waals surface area contributed by atoms with Gasteiger partial charge in [0.1, 0.15) is 19.0 Å². The quantitative estimate of drug-likeness (QED) is 0.372. The zero-order valence-electron chi connectivity index (χ0n) is 13.3. The van der Waals surface area contributed by atoms with Gasteiger partial charge in [-0.3, -0.25) is 0 Å². The average molecular weight is 304 g/mol. The molecule has 1 aliphatic carbocycles. The van der Waals surface area contributed by atoms with Crippen molar-refractivity contribution in [1.29, 1.82) is 0 Å². The van der Waals surface area contributed by atoms with Crippen LogP contribution in [0.25, 0.3) is 55.0 Å². The normalized spacial score (nSPS) is 12.3. The first-order chi connectivity index (χ1) is 11.8. The summed E-state index contributed by atoms with van der Waals surface area (Å²) in [5, 5.41) is 5.02. The molecule has 6 rings (SSSR count). The van der Waals surface area contributed by atoms with E-state index in [9.17, 15) is 0 Å². The molecule has 0 unspecified atom stereocenters. The van der Waals surface area contributed by atoms with Gasteiger partial charge in [-0.15, -0.1) is 0 Å². The van der Waals surface area contributed by atoms with Gasteiger partial charge in [0.25, 0.3) is 0 Å². The highest BCUT2D eigenvalue weighted by atomic mass is 16.3. The molecule has 0 spiro atoms. The van der Waals surface area contributed by atoms with Crippen LogP contribution in [0.1, 0.15) is 0 Å². The van der Waals surface area contributed by atoms with Crippen LogP contribution < -0.4 is 5.46 Å². The number of furan rings is 1. The molecule has 1 aliphatic rings. The Balaban J connectivity index is 1.96. The first-order valence-corrected chi connectivity index (χ1v) is 8.30. The van der Waals surface area contributed by atoms with Crippen molar-refractivity contribution in [2.75, 3.05) is 0 Å². The summed E-state index contributed by atoms with van der Waals surface area (Å²) in [6, 6.07) is 23.8. The molecule has 4 aromatic carbocycles. The Morgan fingerprint density at radius 3 is 2.50 bits per heavy atom. The molecule has 5 aromatic rings. The fraction of sp³-hybridized carbons (Fsp3) is 0. The van der Waals surface area contributed by atoms with E-state index in [2.05, 4.69) is 68.5 Å². The van der Waals surface area contributed by atoms with E-state index in [0.29, 0.717) is 0 Å². The molecule has 0 aliphatic heterocycles. The molecule has 0 saturated carbocycles. The molecule has 1 heterocycles. The number of benzene rings is 4. The van der Waals surface area contributed by atoms with E-state index < -0.39 is 0 Å². The Labute approximate surface area is 139 Å². The van der Waals surface area contributed by atoms with Crippen molar-refractivity contribution in [3.63, 3.8) is 0 Å². The van der Waals surface area contributed by atoms with E-state index in [-0.39, 0.29) is 0 Å². The van der Waals surface area contributed by atoms with Crippen LogP contribution in [0, 0.1) is 0 Å². The first-order valence-electron chi connectivity index (χ1n) is 8.30. The second-order valence-corrected chi connectivity index (χ2v) is 6.63. The standard InChI is InChI=1S/C22H13BO/c23-17-9-4-8-15-20(17)14-7-3-5-12-11-16-13-6-1-2-10-18(13)24-22(16)21(15)19(12)14/h1-11H,23H2. The third kappa shape index (κ3) is 1.33. The van der Waals surface area contributed by atoms with Gasteiger partial charge in [0.05, 0.1) is 0 Å². The lowest BCUT2D eigenvalue weighted by molar-refractivity contribution is 0.670. The lowest BCUT2D eigenvalue weighted by Crippen LogP contribution is -2.05. The van der Waals surface area contributed by atoms with Gasteiger partial charge < -0.3 is 4.42 Å². The van der Waals surface area contributed by atoms with Crippen molar-refractivity contribution in [3.8, 4) is 22.3 Å². The van der Waals surface area contributed by atoms with E-state index >= 15 is 0 Å². The lowest BCUT2D eigenvalue weighted by atomic mass is 9.86. The van der Waals surface area contributed by atoms with Crippen LogP contribution in [0.4, 0.5) is 0 Å². The molecule has 0 fully saturated rings. The van der Waals surface area contributed by atoms with Crippen LogP contribution in [0.5, 0.6) is 0 Å². The van der Waals surface area contributed by atoms with Crippen molar-refractivity contribution < 1.29 is 4.42 Å². The molecule has 0 saturated heterocycles. The summed E-state index contributed by atoms with van der Waals surface area (Å²) >= 11 is 0. The Morgan fingerprint density at radius 2 is 1.54 bits per heavy atom. The Bertz CT molecular complexity index is 1310. The Kier molecular flexibility index (Phi) is 2.12. The van der Waals surface area contributed by atoms with E-state index in [1.807, 2.05) is 6.07 Å². The van der Waals surface area contributed by atoms with E-state index in [0.717, 1.165) is 11.2 Å². The molecule has 0 atom stereocenters. The fourth-order valence-electron chi connectivity index (χ4n) is 4.33. The first kappa shape index (κ1) is 12.4. The van der Waals surface area contributed by atoms with Crippen LogP contribution in [0.3, 0.4) is 0 Å². The van der Waals surface area contributed by atoms with Gasteiger partial charge in [0.15, 0.2) is 0 Å². The monoisotopic (exact) mass is 304 g/mol. The van der Waals surface area contributed by atoms with Gasteiger partial charge in [-0.1, -0.05) is 60.1 Å². The summed E-state index contributed by atoms with van der Waals surface area (Å²) in [5.41, 5.74) is 8.53. The number of hydrogen-bond donors (Lipinski definition) is 0. The smallest absolute Gasteiger partial charge is 0.143 e. The zero-order chi connectivity index (χ0) is 15.8. The van der Waals surface area contributed by atoms with Gasteiger partial charge in [0.2, 0.25) is 0 Å². The van der Waals surface area contributed by atoms with E-state index in [1.165, 1.54) is 49.3 Å². The van der Waals surface area contributed by atoms with E-state index in [1.54, 1.807) is 0 Å². The highest BCUT2D eigenvalue weighted by molar-refractivity contribution is 6.40. The molecule has 0 N–H and O–H groups in total. The maximum atomic E-state index is 6.31. The highest BCUT2D eigenvalue weighted by Crippen LogP contribution is 2.50. The third-order valence-electron chi connectivity index (χ3n) is 5.32. The minimum absolute atomic E-state index is 0.960. The van der Waals surface area contributed by atoms with Gasteiger partial charge in [-0.2, -0.15) is 0 Å². The minimum atomic E-state index is 0.960. The van der Waals surface area contributed by atoms with Gasteiger partial charge >= 0.3 is 0 Å². The zero-order valence-corrected chi connectivity index (χ0v) is 13.3. The molecular formula is C22H13BO. The molecule has 0 amide bonds. The van der Waals surface area contributed by atoms with Crippen LogP contribution in [-0.4, -0.2) is 7.85 Å². The van der Waals surface area contributed by atoms with Gasteiger partial charge in [-0.05, 0) is 34.2 Å². The summed E-state index contributed by atoms with van der Waals surface area (Å²) in [5.74, 6) is 0. The molecular weight excluding hydrogens is 291 g/mol. The van der Waals surface area contributed by atoms with Crippen LogP contribution in [0.2, 0.25) is 0 Å². The van der Waals surface area contributed by atoms with Crippen LogP contribution in [-0.2, 0) is 0 Å². The van der Waals surface area contributed by atoms with Crippen LogP contribution in [0.15, 0.2) is 71.1 Å². The summed E-state index contributed by atoms with van der Waals surface area (Å²) in [6.45, 7) is 0. The fourth-order valence-corrected chi connectivity index (χ4v) is 4.33. The molecule has 2 heteroatoms. The summed E-state index contributed by atoms with van der Waals surface area (Å²) in [7, 11) is 2.19. The second kappa shape index (κ2) is 4.10. The topological polar surface area (TPSA) is 13.1 Å². The average Bonchev–Trinajstić information content (AvgIpc) is 3.14. The van der Waals surface area contributed by atoms with Gasteiger partial charge in [-0.25, -0.2) is 0 Å². The highest BCUT2D eigenvalue weighted by Gasteiger charge is 2.26. The molecule has 24 heavy (non-hydrogen) atoms. The summed E-state index contributed by atoms with van der Waals surface area (Å²) in [4.78, 5) is 0. The predicted octanol–water partition coefficient (Wildman–Crippen LogP) is 4.65. The molecule has 0 radical (unpaired) electrons. The third-order valence-corrected chi connectivity index (χ3v) is 5.32. The summed E-state index contributed by atoms with van der Waals surface area (Å²) in [6.07, 6.45) is 0. The lowest BCUT2D eigenvalue weighted by Gasteiger charge is -2.05. The molecule has 1 aromatic heterocycles. The molecule has 1 nitrogen and oxygen atoms in total. The van der Waals surface area contributed by atoms with Crippen molar-refractivity contribution in [2.24, 2.45) is 0 Å². The number of hydrogen-bond acceptors (Lipinski definition) is 1. The van der Waals surface area contributed by atoms with Crippen molar-refractivity contribution >= 4 is 46.0 Å². The maximum absolute atomic E-state index is 6.31. The SMILES string of the molecule is Bc1cccc2c1-c1cccc3cc4c(oc5ccccc54)c-2c13. The molecule has 0 bridgehead atoms. The van der Waals surface area contributed by atoms with E-state index in [4.69, 9.17) is 4.42 Å². The summed E-state index contributed by atoms with van der Waals surface area (Å²) < 4.78 is 6.31. The predicted molar refractivity (Wildman–Crippen MR) is 104 cm³/mol. The Hall–Kier alpha value is -3.00. The number of para-hydroxylation sites is 1. The second-order valence-electron chi connectivity index (χ2n) is 6.63.